The van der Waals surface area contributed by atoms with Gasteiger partial charge in [-0.3, -0.25) is 4.79 Å². The lowest BCUT2D eigenvalue weighted by Gasteiger charge is -2.37. The summed E-state index contributed by atoms with van der Waals surface area (Å²) in [6.45, 7) is 4.33. The predicted octanol–water partition coefficient (Wildman–Crippen LogP) is 3.74. The Morgan fingerprint density at radius 3 is 2.65 bits per heavy atom. The number of fused-ring (bicyclic) bond motifs is 3. The van der Waals surface area contributed by atoms with Gasteiger partial charge in [0.15, 0.2) is 0 Å². The molecule has 3 nitrogen and oxygen atoms in total. The van der Waals surface area contributed by atoms with E-state index in [1.807, 2.05) is 0 Å². The van der Waals surface area contributed by atoms with Crippen LogP contribution in [0, 0.1) is 12.8 Å². The van der Waals surface area contributed by atoms with E-state index in [1.165, 1.54) is 29.7 Å². The average Bonchev–Trinajstić information content (AvgIpc) is 3.13. The molecule has 1 saturated heterocycles. The molecule has 1 aromatic carbocycles. The first-order valence-corrected chi connectivity index (χ1v) is 8.77. The largest absolute Gasteiger partial charge is 0.308 e. The number of piperidine rings is 1. The van der Waals surface area contributed by atoms with Gasteiger partial charge in [0.25, 0.3) is 0 Å². The Morgan fingerprint density at radius 1 is 1.17 bits per heavy atom. The van der Waals surface area contributed by atoms with Crippen LogP contribution in [0.2, 0.25) is 0 Å². The summed E-state index contributed by atoms with van der Waals surface area (Å²) in [5, 5.41) is 0. The Labute approximate surface area is 145 Å². The third-order valence-electron chi connectivity index (χ3n) is 5.89. The zero-order chi connectivity index (χ0) is 15.3. The van der Waals surface area contributed by atoms with Crippen molar-refractivity contribution >= 4 is 24.0 Å². The summed E-state index contributed by atoms with van der Waals surface area (Å²) in [7, 11) is 2.20. The quantitative estimate of drug-likeness (QED) is 0.781. The van der Waals surface area contributed by atoms with E-state index in [9.17, 15) is 4.79 Å². The van der Waals surface area contributed by atoms with E-state index in [2.05, 4.69) is 42.0 Å². The molecular formula is C19H27ClN2O. The lowest BCUT2D eigenvalue weighted by molar-refractivity contribution is -0.122. The highest BCUT2D eigenvalue weighted by molar-refractivity contribution is 5.98. The summed E-state index contributed by atoms with van der Waals surface area (Å²) in [6, 6.07) is 7.06. The maximum Gasteiger partial charge on any atom is 0.230 e. The van der Waals surface area contributed by atoms with Crippen LogP contribution in [0.3, 0.4) is 0 Å². The number of benzene rings is 1. The molecule has 0 spiro atoms. The third kappa shape index (κ3) is 2.78. The van der Waals surface area contributed by atoms with Gasteiger partial charge in [-0.25, -0.2) is 0 Å². The zero-order valence-electron chi connectivity index (χ0n) is 14.1. The highest BCUT2D eigenvalue weighted by Gasteiger charge is 2.45. The second-order valence-corrected chi connectivity index (χ2v) is 7.48. The van der Waals surface area contributed by atoms with E-state index >= 15 is 0 Å². The SMILES string of the molecule is Cc1ccc2c(c1)[C@@H]1CN(C)CC[C@H]1N2C(=O)C1CCCC1.Cl. The first-order valence-electron chi connectivity index (χ1n) is 8.77. The summed E-state index contributed by atoms with van der Waals surface area (Å²) in [6.07, 6.45) is 5.73. The Balaban J connectivity index is 0.00000156. The molecule has 23 heavy (non-hydrogen) atoms. The van der Waals surface area contributed by atoms with Crippen LogP contribution in [0.25, 0.3) is 0 Å². The van der Waals surface area contributed by atoms with Crippen LogP contribution >= 0.6 is 12.4 Å². The van der Waals surface area contributed by atoms with Gasteiger partial charge in [0.2, 0.25) is 5.91 Å². The molecule has 2 atom stereocenters. The van der Waals surface area contributed by atoms with Crippen molar-refractivity contribution in [1.29, 1.82) is 0 Å². The molecule has 3 aliphatic rings. The van der Waals surface area contributed by atoms with Gasteiger partial charge >= 0.3 is 0 Å². The lowest BCUT2D eigenvalue weighted by atomic mass is 9.88. The molecule has 1 aromatic rings. The molecule has 1 amide bonds. The van der Waals surface area contributed by atoms with E-state index in [-0.39, 0.29) is 18.3 Å². The Hall–Kier alpha value is -1.06. The summed E-state index contributed by atoms with van der Waals surface area (Å²) < 4.78 is 0. The molecule has 2 fully saturated rings. The molecule has 0 aromatic heterocycles. The van der Waals surface area contributed by atoms with E-state index in [0.717, 1.165) is 32.4 Å². The van der Waals surface area contributed by atoms with Crippen LogP contribution in [0.1, 0.15) is 49.1 Å². The minimum Gasteiger partial charge on any atom is -0.308 e. The minimum atomic E-state index is 0. The van der Waals surface area contributed by atoms with Gasteiger partial charge in [-0.2, -0.15) is 0 Å². The van der Waals surface area contributed by atoms with E-state index in [1.54, 1.807) is 0 Å². The summed E-state index contributed by atoms with van der Waals surface area (Å²) in [4.78, 5) is 17.8. The predicted molar refractivity (Wildman–Crippen MR) is 96.5 cm³/mol. The Morgan fingerprint density at radius 2 is 1.91 bits per heavy atom. The molecule has 0 bridgehead atoms. The topological polar surface area (TPSA) is 23.6 Å². The van der Waals surface area contributed by atoms with Crippen LogP contribution in [0.4, 0.5) is 5.69 Å². The number of aryl methyl sites for hydroxylation is 1. The first kappa shape index (κ1) is 16.8. The Bertz CT molecular complexity index is 597. The molecule has 1 aliphatic carbocycles. The second kappa shape index (κ2) is 6.45. The van der Waals surface area contributed by atoms with Crippen molar-refractivity contribution in [2.24, 2.45) is 5.92 Å². The van der Waals surface area contributed by atoms with Gasteiger partial charge in [-0.15, -0.1) is 12.4 Å². The standard InChI is InChI=1S/C19H26N2O.ClH/c1-13-7-8-17-15(11-13)16-12-20(2)10-9-18(16)21(17)19(22)14-5-3-4-6-14;/h7-8,11,14,16,18H,3-6,9-10,12H2,1-2H3;1H/t16-,18+;/m0./s1. The first-order chi connectivity index (χ1) is 10.6. The molecule has 0 radical (unpaired) electrons. The molecule has 126 valence electrons. The number of likely N-dealkylation sites (N-methyl/N-ethyl adjacent to an activating group) is 1. The number of hydrogen-bond acceptors (Lipinski definition) is 2. The Kier molecular flexibility index (Phi) is 4.70. The van der Waals surface area contributed by atoms with Crippen LogP contribution in [-0.2, 0) is 4.79 Å². The maximum absolute atomic E-state index is 13.1. The fourth-order valence-corrected chi connectivity index (χ4v) is 4.74. The fourth-order valence-electron chi connectivity index (χ4n) is 4.74. The number of halogens is 1. The van der Waals surface area contributed by atoms with Crippen molar-refractivity contribution in [3.8, 4) is 0 Å². The number of amides is 1. The minimum absolute atomic E-state index is 0. The summed E-state index contributed by atoms with van der Waals surface area (Å²) in [5.41, 5.74) is 3.91. The van der Waals surface area contributed by atoms with Crippen LogP contribution in [0.15, 0.2) is 18.2 Å². The molecule has 2 aliphatic heterocycles. The fraction of sp³-hybridized carbons (Fsp3) is 0.632. The highest BCUT2D eigenvalue weighted by Crippen LogP contribution is 2.46. The van der Waals surface area contributed by atoms with Gasteiger partial charge in [-0.05, 0) is 51.4 Å². The molecule has 4 heteroatoms. The lowest BCUT2D eigenvalue weighted by Crippen LogP contribution is -2.48. The van der Waals surface area contributed by atoms with Crippen LogP contribution < -0.4 is 4.90 Å². The number of rotatable bonds is 1. The molecular weight excluding hydrogens is 308 g/mol. The van der Waals surface area contributed by atoms with Crippen LogP contribution in [0.5, 0.6) is 0 Å². The van der Waals surface area contributed by atoms with Gasteiger partial charge < -0.3 is 9.80 Å². The number of anilines is 1. The number of carbonyl (C=O) groups excluding carboxylic acids is 1. The maximum atomic E-state index is 13.1. The van der Waals surface area contributed by atoms with Gasteiger partial charge in [0.1, 0.15) is 0 Å². The molecule has 1 saturated carbocycles. The van der Waals surface area contributed by atoms with Gasteiger partial charge in [0, 0.05) is 30.1 Å². The third-order valence-corrected chi connectivity index (χ3v) is 5.89. The molecule has 2 heterocycles. The normalized spacial score (nSPS) is 27.5. The van der Waals surface area contributed by atoms with Crippen molar-refractivity contribution in [2.75, 3.05) is 25.0 Å². The zero-order valence-corrected chi connectivity index (χ0v) is 14.9. The van der Waals surface area contributed by atoms with Crippen molar-refractivity contribution in [1.82, 2.24) is 4.90 Å². The van der Waals surface area contributed by atoms with E-state index in [4.69, 9.17) is 0 Å². The second-order valence-electron chi connectivity index (χ2n) is 7.48. The number of nitrogens with zero attached hydrogens (tertiary/aromatic N) is 2. The van der Waals surface area contributed by atoms with Crippen molar-refractivity contribution < 1.29 is 4.79 Å². The molecule has 4 rings (SSSR count). The monoisotopic (exact) mass is 334 g/mol. The molecule has 0 unspecified atom stereocenters. The van der Waals surface area contributed by atoms with Gasteiger partial charge in [0.05, 0.1) is 0 Å². The highest BCUT2D eigenvalue weighted by atomic mass is 35.5. The van der Waals surface area contributed by atoms with Crippen molar-refractivity contribution in [2.45, 2.75) is 51.0 Å². The number of hydrogen-bond donors (Lipinski definition) is 0. The summed E-state index contributed by atoms with van der Waals surface area (Å²) >= 11 is 0. The molecule has 0 N–H and O–H groups in total. The number of carbonyl (C=O) groups is 1. The number of likely N-dealkylation sites (tertiary alicyclic amines) is 1. The van der Waals surface area contributed by atoms with E-state index < -0.39 is 0 Å². The van der Waals surface area contributed by atoms with Gasteiger partial charge in [-0.1, -0.05) is 30.5 Å². The van der Waals surface area contributed by atoms with E-state index in [0.29, 0.717) is 17.9 Å². The summed E-state index contributed by atoms with van der Waals surface area (Å²) in [5.74, 6) is 1.17. The van der Waals surface area contributed by atoms with Crippen LogP contribution in [-0.4, -0.2) is 37.0 Å². The van der Waals surface area contributed by atoms with Crippen molar-refractivity contribution in [3.05, 3.63) is 29.3 Å². The average molecular weight is 335 g/mol. The smallest absolute Gasteiger partial charge is 0.230 e. The van der Waals surface area contributed by atoms with Crippen molar-refractivity contribution in [3.63, 3.8) is 0 Å².